The van der Waals surface area contributed by atoms with Gasteiger partial charge < -0.3 is 10.6 Å². The first-order valence-corrected chi connectivity index (χ1v) is 6.90. The highest BCUT2D eigenvalue weighted by Gasteiger charge is 2.32. The van der Waals surface area contributed by atoms with Crippen LogP contribution in [0.2, 0.25) is 0 Å². The van der Waals surface area contributed by atoms with Gasteiger partial charge in [-0.2, -0.15) is 0 Å². The van der Waals surface area contributed by atoms with Gasteiger partial charge in [-0.3, -0.25) is 4.79 Å². The summed E-state index contributed by atoms with van der Waals surface area (Å²) in [6, 6.07) is 7.56. The average molecular weight is 262 g/mol. The van der Waals surface area contributed by atoms with Crippen molar-refractivity contribution in [1.82, 2.24) is 4.90 Å². The molecule has 2 N–H and O–H groups in total. The predicted molar refractivity (Wildman–Crippen MR) is 81.0 cm³/mol. The zero-order valence-electron chi connectivity index (χ0n) is 12.7. The van der Waals surface area contributed by atoms with E-state index in [0.717, 1.165) is 24.2 Å². The van der Waals surface area contributed by atoms with Crippen molar-refractivity contribution in [2.45, 2.75) is 39.5 Å². The smallest absolute Gasteiger partial charge is 0.232 e. The number of benzene rings is 1. The van der Waals surface area contributed by atoms with Crippen molar-refractivity contribution in [1.29, 1.82) is 0 Å². The molecule has 1 aromatic carbocycles. The topological polar surface area (TPSA) is 46.3 Å². The van der Waals surface area contributed by atoms with E-state index in [9.17, 15) is 4.79 Å². The molecule has 1 rings (SSSR count). The van der Waals surface area contributed by atoms with Crippen molar-refractivity contribution < 1.29 is 4.79 Å². The standard InChI is InChI=1S/C16H26N2O/c1-6-12(2)11-18(5)15(19)16(3,4)13-7-9-14(17)10-8-13/h7-10,12H,6,11,17H2,1-5H3. The number of nitrogens with two attached hydrogens (primary N) is 1. The largest absolute Gasteiger partial charge is 0.399 e. The van der Waals surface area contributed by atoms with Gasteiger partial charge in [0, 0.05) is 19.3 Å². The van der Waals surface area contributed by atoms with Gasteiger partial charge in [-0.05, 0) is 37.5 Å². The molecule has 1 aromatic rings. The molecule has 0 aliphatic heterocycles. The second kappa shape index (κ2) is 6.09. The van der Waals surface area contributed by atoms with Crippen molar-refractivity contribution in [2.24, 2.45) is 5.92 Å². The molecule has 0 radical (unpaired) electrons. The lowest BCUT2D eigenvalue weighted by molar-refractivity contribution is -0.135. The molecule has 106 valence electrons. The van der Waals surface area contributed by atoms with Gasteiger partial charge in [-0.1, -0.05) is 32.4 Å². The number of carbonyl (C=O) groups is 1. The van der Waals surface area contributed by atoms with Crippen molar-refractivity contribution in [3.05, 3.63) is 29.8 Å². The summed E-state index contributed by atoms with van der Waals surface area (Å²) in [7, 11) is 1.88. The fourth-order valence-electron chi connectivity index (χ4n) is 2.18. The molecule has 1 atom stereocenters. The van der Waals surface area contributed by atoms with Crippen molar-refractivity contribution in [3.8, 4) is 0 Å². The normalized spacial score (nSPS) is 13.1. The van der Waals surface area contributed by atoms with E-state index in [-0.39, 0.29) is 5.91 Å². The molecule has 0 saturated carbocycles. The molecule has 0 spiro atoms. The molecular formula is C16H26N2O. The number of hydrogen-bond acceptors (Lipinski definition) is 2. The average Bonchev–Trinajstić information content (AvgIpc) is 2.38. The number of rotatable bonds is 5. The number of amides is 1. The Labute approximate surface area is 116 Å². The van der Waals surface area contributed by atoms with E-state index in [2.05, 4.69) is 13.8 Å². The molecule has 0 aliphatic carbocycles. The number of carbonyl (C=O) groups excluding carboxylic acids is 1. The van der Waals surface area contributed by atoms with E-state index in [1.54, 1.807) is 0 Å². The third kappa shape index (κ3) is 3.72. The zero-order chi connectivity index (χ0) is 14.6. The molecule has 0 bridgehead atoms. The lowest BCUT2D eigenvalue weighted by Gasteiger charge is -2.31. The van der Waals surface area contributed by atoms with Crippen LogP contribution >= 0.6 is 0 Å². The maximum absolute atomic E-state index is 12.6. The van der Waals surface area contributed by atoms with Crippen LogP contribution in [-0.2, 0) is 10.2 Å². The van der Waals surface area contributed by atoms with Crippen LogP contribution in [0, 0.1) is 5.92 Å². The Balaban J connectivity index is 2.86. The summed E-state index contributed by atoms with van der Waals surface area (Å²) in [5.74, 6) is 0.675. The fourth-order valence-corrected chi connectivity index (χ4v) is 2.18. The zero-order valence-corrected chi connectivity index (χ0v) is 12.7. The lowest BCUT2D eigenvalue weighted by Crippen LogP contribution is -2.43. The summed E-state index contributed by atoms with van der Waals surface area (Å²) in [6.07, 6.45) is 1.08. The van der Waals surface area contributed by atoms with E-state index >= 15 is 0 Å². The van der Waals surface area contributed by atoms with Crippen LogP contribution in [-0.4, -0.2) is 24.4 Å². The quantitative estimate of drug-likeness (QED) is 0.829. The third-order valence-electron chi connectivity index (χ3n) is 3.80. The van der Waals surface area contributed by atoms with Crippen LogP contribution in [0.15, 0.2) is 24.3 Å². The number of likely N-dealkylation sites (N-methyl/N-ethyl adjacent to an activating group) is 1. The van der Waals surface area contributed by atoms with Crippen LogP contribution in [0.5, 0.6) is 0 Å². The summed E-state index contributed by atoms with van der Waals surface area (Å²) in [5.41, 5.74) is 6.90. The molecule has 0 fully saturated rings. The number of hydrogen-bond donors (Lipinski definition) is 1. The summed E-state index contributed by atoms with van der Waals surface area (Å²) < 4.78 is 0. The monoisotopic (exact) mass is 262 g/mol. The first kappa shape index (κ1) is 15.5. The van der Waals surface area contributed by atoms with Crippen molar-refractivity contribution >= 4 is 11.6 Å². The van der Waals surface area contributed by atoms with E-state index in [0.29, 0.717) is 5.92 Å². The molecule has 3 heteroatoms. The Hall–Kier alpha value is -1.51. The van der Waals surface area contributed by atoms with Crippen LogP contribution in [0.3, 0.4) is 0 Å². The Kier molecular flexibility index (Phi) is 4.98. The van der Waals surface area contributed by atoms with E-state index in [1.165, 1.54) is 0 Å². The lowest BCUT2D eigenvalue weighted by atomic mass is 9.83. The summed E-state index contributed by atoms with van der Waals surface area (Å²) in [4.78, 5) is 14.4. The highest BCUT2D eigenvalue weighted by molar-refractivity contribution is 5.87. The first-order valence-electron chi connectivity index (χ1n) is 6.90. The van der Waals surface area contributed by atoms with Gasteiger partial charge in [0.1, 0.15) is 0 Å². The predicted octanol–water partition coefficient (Wildman–Crippen LogP) is 3.05. The van der Waals surface area contributed by atoms with Crippen molar-refractivity contribution in [2.75, 3.05) is 19.3 Å². The highest BCUT2D eigenvalue weighted by Crippen LogP contribution is 2.26. The van der Waals surface area contributed by atoms with E-state index < -0.39 is 5.41 Å². The number of nitrogens with zero attached hydrogens (tertiary/aromatic N) is 1. The maximum Gasteiger partial charge on any atom is 0.232 e. The Morgan fingerprint density at radius 2 is 1.84 bits per heavy atom. The van der Waals surface area contributed by atoms with Gasteiger partial charge in [-0.25, -0.2) is 0 Å². The molecule has 0 aromatic heterocycles. The van der Waals surface area contributed by atoms with Gasteiger partial charge >= 0.3 is 0 Å². The Bertz CT molecular complexity index is 423. The molecule has 0 saturated heterocycles. The minimum atomic E-state index is -0.518. The van der Waals surface area contributed by atoms with Gasteiger partial charge in [0.05, 0.1) is 5.41 Å². The molecule has 0 aliphatic rings. The Morgan fingerprint density at radius 1 is 1.32 bits per heavy atom. The Morgan fingerprint density at radius 3 is 2.32 bits per heavy atom. The van der Waals surface area contributed by atoms with Gasteiger partial charge in [0.25, 0.3) is 0 Å². The molecule has 1 amide bonds. The molecule has 19 heavy (non-hydrogen) atoms. The number of nitrogen functional groups attached to an aromatic ring is 1. The number of anilines is 1. The molecule has 3 nitrogen and oxygen atoms in total. The third-order valence-corrected chi connectivity index (χ3v) is 3.80. The van der Waals surface area contributed by atoms with Gasteiger partial charge in [0.2, 0.25) is 5.91 Å². The SMILES string of the molecule is CCC(C)CN(C)C(=O)C(C)(C)c1ccc(N)cc1. The minimum absolute atomic E-state index is 0.151. The van der Waals surface area contributed by atoms with Crippen molar-refractivity contribution in [3.63, 3.8) is 0 Å². The fraction of sp³-hybridized carbons (Fsp3) is 0.562. The van der Waals surface area contributed by atoms with E-state index in [4.69, 9.17) is 5.73 Å². The second-order valence-electron chi connectivity index (χ2n) is 5.95. The van der Waals surface area contributed by atoms with Gasteiger partial charge in [0.15, 0.2) is 0 Å². The van der Waals surface area contributed by atoms with Crippen LogP contribution < -0.4 is 5.73 Å². The minimum Gasteiger partial charge on any atom is -0.399 e. The first-order chi connectivity index (χ1) is 8.78. The van der Waals surface area contributed by atoms with Gasteiger partial charge in [-0.15, -0.1) is 0 Å². The molecule has 0 heterocycles. The summed E-state index contributed by atoms with van der Waals surface area (Å²) >= 11 is 0. The second-order valence-corrected chi connectivity index (χ2v) is 5.95. The van der Waals surface area contributed by atoms with Crippen LogP contribution in [0.25, 0.3) is 0 Å². The summed E-state index contributed by atoms with van der Waals surface area (Å²) in [5, 5.41) is 0. The highest BCUT2D eigenvalue weighted by atomic mass is 16.2. The molecule has 1 unspecified atom stereocenters. The summed E-state index contributed by atoms with van der Waals surface area (Å²) in [6.45, 7) is 9.05. The molecular weight excluding hydrogens is 236 g/mol. The van der Waals surface area contributed by atoms with Crippen LogP contribution in [0.4, 0.5) is 5.69 Å². The maximum atomic E-state index is 12.6. The van der Waals surface area contributed by atoms with E-state index in [1.807, 2.05) is 50.1 Å². The van der Waals surface area contributed by atoms with Crippen LogP contribution in [0.1, 0.15) is 39.7 Å².